The summed E-state index contributed by atoms with van der Waals surface area (Å²) in [6.45, 7) is 2.45. The summed E-state index contributed by atoms with van der Waals surface area (Å²) in [6.07, 6.45) is 1.70. The Balaban J connectivity index is 1.66. The van der Waals surface area contributed by atoms with Gasteiger partial charge in [-0.15, -0.1) is 0 Å². The van der Waals surface area contributed by atoms with Crippen LogP contribution in [0.25, 0.3) is 11.6 Å². The third kappa shape index (κ3) is 4.44. The summed E-state index contributed by atoms with van der Waals surface area (Å²) in [4.78, 5) is 12.5. The third-order valence-corrected chi connectivity index (χ3v) is 6.06. The first kappa shape index (κ1) is 20.6. The smallest absolute Gasteiger partial charge is 0.261 e. The van der Waals surface area contributed by atoms with Gasteiger partial charge in [-0.3, -0.25) is 9.52 Å². The number of nitrogens with one attached hydrogen (secondary N) is 2. The number of fused-ring (bicyclic) bond motifs is 1. The molecule has 1 aliphatic heterocycles. The van der Waals surface area contributed by atoms with E-state index in [2.05, 4.69) is 10.0 Å². The maximum Gasteiger partial charge on any atom is 0.261 e. The zero-order valence-electron chi connectivity index (χ0n) is 16.6. The summed E-state index contributed by atoms with van der Waals surface area (Å²) in [5.74, 6) is -0.0553. The number of hydrogen-bond donors (Lipinski definition) is 2. The number of rotatable bonds is 6. The molecule has 0 fully saturated rings. The fraction of sp³-hybridized carbons (Fsp3) is 0.0870. The first-order valence-electron chi connectivity index (χ1n) is 9.54. The topological polar surface area (TPSA) is 84.5 Å². The van der Waals surface area contributed by atoms with E-state index in [0.717, 1.165) is 11.3 Å². The predicted molar refractivity (Wildman–Crippen MR) is 118 cm³/mol. The largest absolute Gasteiger partial charge is 0.494 e. The molecule has 0 aromatic heterocycles. The molecule has 0 saturated heterocycles. The van der Waals surface area contributed by atoms with E-state index in [9.17, 15) is 17.6 Å². The average molecular weight is 438 g/mol. The Morgan fingerprint density at radius 2 is 1.74 bits per heavy atom. The maximum absolute atomic E-state index is 13.1. The van der Waals surface area contributed by atoms with Crippen molar-refractivity contribution < 1.29 is 22.3 Å². The molecular weight excluding hydrogens is 419 g/mol. The third-order valence-electron chi connectivity index (χ3n) is 4.68. The van der Waals surface area contributed by atoms with Crippen molar-refractivity contribution in [1.29, 1.82) is 0 Å². The van der Waals surface area contributed by atoms with Crippen LogP contribution in [0, 0.1) is 5.82 Å². The summed E-state index contributed by atoms with van der Waals surface area (Å²) < 4.78 is 46.5. The van der Waals surface area contributed by atoms with Gasteiger partial charge in [-0.25, -0.2) is 12.8 Å². The van der Waals surface area contributed by atoms with Crippen LogP contribution in [0.1, 0.15) is 18.1 Å². The van der Waals surface area contributed by atoms with Gasteiger partial charge in [-0.05, 0) is 73.2 Å². The van der Waals surface area contributed by atoms with Crippen LogP contribution in [0.15, 0.2) is 71.6 Å². The summed E-state index contributed by atoms with van der Waals surface area (Å²) >= 11 is 0. The fourth-order valence-electron chi connectivity index (χ4n) is 3.20. The summed E-state index contributed by atoms with van der Waals surface area (Å²) in [6, 6.07) is 16.6. The van der Waals surface area contributed by atoms with Gasteiger partial charge in [0.2, 0.25) is 0 Å². The molecule has 0 atom stereocenters. The van der Waals surface area contributed by atoms with E-state index in [-0.39, 0.29) is 16.5 Å². The highest BCUT2D eigenvalue weighted by atomic mass is 32.2. The Morgan fingerprint density at radius 1 is 1.03 bits per heavy atom. The lowest BCUT2D eigenvalue weighted by Crippen LogP contribution is -2.13. The molecule has 1 heterocycles. The molecule has 0 spiro atoms. The summed E-state index contributed by atoms with van der Waals surface area (Å²) in [7, 11) is -3.93. The van der Waals surface area contributed by atoms with Crippen molar-refractivity contribution in [1.82, 2.24) is 0 Å². The lowest BCUT2D eigenvalue weighted by Gasteiger charge is -2.09. The molecule has 0 saturated carbocycles. The molecule has 2 N–H and O–H groups in total. The van der Waals surface area contributed by atoms with Gasteiger partial charge in [0.1, 0.15) is 11.6 Å². The second-order valence-electron chi connectivity index (χ2n) is 6.83. The molecular formula is C23H19FN2O4S. The Morgan fingerprint density at radius 3 is 2.42 bits per heavy atom. The molecule has 6 nitrogen and oxygen atoms in total. The van der Waals surface area contributed by atoms with E-state index in [1.54, 1.807) is 24.3 Å². The minimum absolute atomic E-state index is 0.00957. The molecule has 158 valence electrons. The average Bonchev–Trinajstić information content (AvgIpc) is 3.06. The van der Waals surface area contributed by atoms with Gasteiger partial charge in [0.05, 0.1) is 11.5 Å². The fourth-order valence-corrected chi connectivity index (χ4v) is 4.29. The molecule has 1 amide bonds. The Labute approximate surface area is 179 Å². The van der Waals surface area contributed by atoms with Crippen LogP contribution in [0.3, 0.4) is 0 Å². The summed E-state index contributed by atoms with van der Waals surface area (Å²) in [5, 5.41) is 2.75. The standard InChI is InChI=1S/C23H19FN2O4S/c1-2-30-18-9-3-15(4-10-18)13-21-20-14-19(11-12-22(20)25-23(21)27)31(28,29)26-17-7-5-16(24)6-8-17/h3-14,26H,2H2,1H3,(H,25,27). The highest BCUT2D eigenvalue weighted by Crippen LogP contribution is 2.35. The summed E-state index contributed by atoms with van der Waals surface area (Å²) in [5.41, 5.74) is 2.39. The number of amides is 1. The van der Waals surface area contributed by atoms with Crippen LogP contribution in [0.2, 0.25) is 0 Å². The van der Waals surface area contributed by atoms with Gasteiger partial charge in [0.25, 0.3) is 15.9 Å². The normalized spacial score (nSPS) is 14.3. The minimum atomic E-state index is -3.93. The van der Waals surface area contributed by atoms with Crippen LogP contribution < -0.4 is 14.8 Å². The zero-order chi connectivity index (χ0) is 22.0. The maximum atomic E-state index is 13.1. The van der Waals surface area contributed by atoms with Gasteiger partial charge in [0.15, 0.2) is 0 Å². The quantitative estimate of drug-likeness (QED) is 0.555. The molecule has 0 unspecified atom stereocenters. The molecule has 0 radical (unpaired) electrons. The van der Waals surface area contributed by atoms with Crippen LogP contribution in [-0.4, -0.2) is 20.9 Å². The highest BCUT2D eigenvalue weighted by molar-refractivity contribution is 7.92. The number of carbonyl (C=O) groups is 1. The van der Waals surface area contributed by atoms with Crippen LogP contribution in [0.5, 0.6) is 5.75 Å². The Bertz CT molecular complexity index is 1270. The van der Waals surface area contributed by atoms with E-state index in [1.165, 1.54) is 36.4 Å². The van der Waals surface area contributed by atoms with Gasteiger partial charge in [0, 0.05) is 22.5 Å². The van der Waals surface area contributed by atoms with E-state index < -0.39 is 15.8 Å². The highest BCUT2D eigenvalue weighted by Gasteiger charge is 2.26. The van der Waals surface area contributed by atoms with Crippen molar-refractivity contribution in [2.75, 3.05) is 16.6 Å². The van der Waals surface area contributed by atoms with Gasteiger partial charge in [-0.1, -0.05) is 12.1 Å². The van der Waals surface area contributed by atoms with Crippen LogP contribution >= 0.6 is 0 Å². The predicted octanol–water partition coefficient (Wildman–Crippen LogP) is 4.52. The Hall–Kier alpha value is -3.65. The van der Waals surface area contributed by atoms with Crippen molar-refractivity contribution >= 4 is 39.0 Å². The van der Waals surface area contributed by atoms with Crippen LogP contribution in [0.4, 0.5) is 15.8 Å². The van der Waals surface area contributed by atoms with Crippen molar-refractivity contribution in [3.63, 3.8) is 0 Å². The molecule has 8 heteroatoms. The van der Waals surface area contributed by atoms with Crippen LogP contribution in [-0.2, 0) is 14.8 Å². The first-order valence-corrected chi connectivity index (χ1v) is 11.0. The lowest BCUT2D eigenvalue weighted by molar-refractivity contribution is -0.110. The van der Waals surface area contributed by atoms with Gasteiger partial charge < -0.3 is 10.1 Å². The molecule has 0 bridgehead atoms. The second kappa shape index (κ2) is 8.23. The van der Waals surface area contributed by atoms with E-state index >= 15 is 0 Å². The molecule has 3 aromatic rings. The van der Waals surface area contributed by atoms with Crippen molar-refractivity contribution in [2.24, 2.45) is 0 Å². The number of hydrogen-bond acceptors (Lipinski definition) is 4. The molecule has 3 aromatic carbocycles. The minimum Gasteiger partial charge on any atom is -0.494 e. The Kier molecular flexibility index (Phi) is 5.48. The second-order valence-corrected chi connectivity index (χ2v) is 8.52. The van der Waals surface area contributed by atoms with Gasteiger partial charge >= 0.3 is 0 Å². The molecule has 4 rings (SSSR count). The van der Waals surface area contributed by atoms with E-state index in [1.807, 2.05) is 19.1 Å². The number of benzene rings is 3. The monoisotopic (exact) mass is 438 g/mol. The number of ether oxygens (including phenoxy) is 1. The van der Waals surface area contributed by atoms with Crippen molar-refractivity contribution in [2.45, 2.75) is 11.8 Å². The number of carbonyl (C=O) groups excluding carboxylic acids is 1. The van der Waals surface area contributed by atoms with E-state index in [4.69, 9.17) is 4.74 Å². The number of halogens is 1. The SMILES string of the molecule is CCOc1ccc(C=C2C(=O)Nc3ccc(S(=O)(=O)Nc4ccc(F)cc4)cc32)cc1. The zero-order valence-corrected chi connectivity index (χ0v) is 17.4. The lowest BCUT2D eigenvalue weighted by atomic mass is 10.0. The van der Waals surface area contributed by atoms with E-state index in [0.29, 0.717) is 23.4 Å². The van der Waals surface area contributed by atoms with Gasteiger partial charge in [-0.2, -0.15) is 0 Å². The molecule has 1 aliphatic rings. The number of sulfonamides is 1. The molecule has 31 heavy (non-hydrogen) atoms. The van der Waals surface area contributed by atoms with Crippen molar-refractivity contribution in [3.8, 4) is 5.75 Å². The molecule has 0 aliphatic carbocycles. The van der Waals surface area contributed by atoms with Crippen molar-refractivity contribution in [3.05, 3.63) is 83.7 Å². The first-order chi connectivity index (χ1) is 14.9. The number of anilines is 2.